The van der Waals surface area contributed by atoms with E-state index in [0.717, 1.165) is 19.5 Å². The van der Waals surface area contributed by atoms with Crippen molar-refractivity contribution in [3.63, 3.8) is 0 Å². The molecular formula is C15H34IN5. The fourth-order valence-electron chi connectivity index (χ4n) is 2.44. The Bertz CT molecular complexity index is 290. The van der Waals surface area contributed by atoms with Crippen LogP contribution in [0.25, 0.3) is 0 Å². The summed E-state index contributed by atoms with van der Waals surface area (Å²) in [4.78, 5) is 9.51. The van der Waals surface area contributed by atoms with Crippen molar-refractivity contribution in [1.82, 2.24) is 15.1 Å². The van der Waals surface area contributed by atoms with E-state index < -0.39 is 0 Å². The molecule has 0 amide bonds. The average molecular weight is 411 g/mol. The molecule has 3 N–H and O–H groups in total. The van der Waals surface area contributed by atoms with Crippen LogP contribution in [0.15, 0.2) is 4.99 Å². The predicted molar refractivity (Wildman–Crippen MR) is 103 cm³/mol. The number of piperazine rings is 1. The molecule has 0 radical (unpaired) electrons. The van der Waals surface area contributed by atoms with Crippen LogP contribution in [0.1, 0.15) is 34.1 Å². The minimum Gasteiger partial charge on any atom is -0.370 e. The second-order valence-electron chi connectivity index (χ2n) is 6.02. The third-order valence-corrected chi connectivity index (χ3v) is 4.06. The molecule has 1 aliphatic rings. The summed E-state index contributed by atoms with van der Waals surface area (Å²) in [7, 11) is 0. The Morgan fingerprint density at radius 2 is 1.71 bits per heavy atom. The summed E-state index contributed by atoms with van der Waals surface area (Å²) in [5.41, 5.74) is 5.89. The van der Waals surface area contributed by atoms with Crippen LogP contribution in [0, 0.1) is 5.92 Å². The molecule has 0 aromatic rings. The SMILES string of the molecule is CCC(C)NC(N)=NCC(C)CN1CCN(CC)CC1.I. The molecule has 0 spiro atoms. The quantitative estimate of drug-likeness (QED) is 0.380. The largest absolute Gasteiger partial charge is 0.370 e. The second-order valence-corrected chi connectivity index (χ2v) is 6.02. The van der Waals surface area contributed by atoms with Crippen LogP contribution in [0.4, 0.5) is 0 Å². The summed E-state index contributed by atoms with van der Waals surface area (Å²) in [6, 6.07) is 0.399. The lowest BCUT2D eigenvalue weighted by molar-refractivity contribution is 0.125. The number of halogens is 1. The van der Waals surface area contributed by atoms with Crippen LogP contribution >= 0.6 is 24.0 Å². The molecule has 2 atom stereocenters. The van der Waals surface area contributed by atoms with Gasteiger partial charge in [-0.05, 0) is 25.8 Å². The predicted octanol–water partition coefficient (Wildman–Crippen LogP) is 1.58. The number of nitrogens with two attached hydrogens (primary N) is 1. The van der Waals surface area contributed by atoms with Crippen LogP contribution in [0.3, 0.4) is 0 Å². The first-order chi connectivity index (χ1) is 9.55. The van der Waals surface area contributed by atoms with E-state index >= 15 is 0 Å². The average Bonchev–Trinajstić information content (AvgIpc) is 2.45. The van der Waals surface area contributed by atoms with E-state index in [1.54, 1.807) is 0 Å². The van der Waals surface area contributed by atoms with Gasteiger partial charge in [-0.25, -0.2) is 0 Å². The minimum absolute atomic E-state index is 0. The highest BCUT2D eigenvalue weighted by molar-refractivity contribution is 14.0. The van der Waals surface area contributed by atoms with E-state index in [2.05, 4.69) is 47.8 Å². The van der Waals surface area contributed by atoms with Crippen molar-refractivity contribution in [2.75, 3.05) is 45.8 Å². The number of nitrogens with one attached hydrogen (secondary N) is 1. The van der Waals surface area contributed by atoms with Crippen LogP contribution in [-0.2, 0) is 0 Å². The van der Waals surface area contributed by atoms with E-state index in [-0.39, 0.29) is 24.0 Å². The lowest BCUT2D eigenvalue weighted by atomic mass is 10.1. The highest BCUT2D eigenvalue weighted by Gasteiger charge is 2.17. The Balaban J connectivity index is 0.00000400. The van der Waals surface area contributed by atoms with Gasteiger partial charge in [-0.15, -0.1) is 24.0 Å². The fourth-order valence-corrected chi connectivity index (χ4v) is 2.44. The van der Waals surface area contributed by atoms with Crippen molar-refractivity contribution in [1.29, 1.82) is 0 Å². The molecular weight excluding hydrogens is 377 g/mol. The van der Waals surface area contributed by atoms with Gasteiger partial charge in [-0.1, -0.05) is 20.8 Å². The molecule has 2 unspecified atom stereocenters. The molecule has 21 heavy (non-hydrogen) atoms. The maximum Gasteiger partial charge on any atom is 0.188 e. The Kier molecular flexibility index (Phi) is 11.4. The molecule has 1 saturated heterocycles. The summed E-state index contributed by atoms with van der Waals surface area (Å²) in [6.45, 7) is 16.6. The van der Waals surface area contributed by atoms with E-state index in [1.165, 1.54) is 32.7 Å². The van der Waals surface area contributed by atoms with Crippen molar-refractivity contribution in [2.45, 2.75) is 40.2 Å². The standard InChI is InChI=1S/C15H33N5.HI/c1-5-14(4)18-15(16)17-11-13(3)12-20-9-7-19(6-2)8-10-20;/h13-14H,5-12H2,1-4H3,(H3,16,17,18);1H. The zero-order valence-corrected chi connectivity index (χ0v) is 16.5. The van der Waals surface area contributed by atoms with Gasteiger partial charge >= 0.3 is 0 Å². The van der Waals surface area contributed by atoms with Crippen LogP contribution in [0.5, 0.6) is 0 Å². The van der Waals surface area contributed by atoms with Crippen molar-refractivity contribution >= 4 is 29.9 Å². The molecule has 5 nitrogen and oxygen atoms in total. The van der Waals surface area contributed by atoms with E-state index in [0.29, 0.717) is 17.9 Å². The number of rotatable bonds is 7. The van der Waals surface area contributed by atoms with Gasteiger partial charge in [0, 0.05) is 45.3 Å². The smallest absolute Gasteiger partial charge is 0.188 e. The number of hydrogen-bond donors (Lipinski definition) is 2. The van der Waals surface area contributed by atoms with Gasteiger partial charge in [0.2, 0.25) is 0 Å². The first kappa shape index (κ1) is 20.9. The fraction of sp³-hybridized carbons (Fsp3) is 0.933. The molecule has 1 fully saturated rings. The van der Waals surface area contributed by atoms with Gasteiger partial charge in [0.25, 0.3) is 0 Å². The van der Waals surface area contributed by atoms with Crippen molar-refractivity contribution in [3.8, 4) is 0 Å². The molecule has 126 valence electrons. The topological polar surface area (TPSA) is 56.9 Å². The van der Waals surface area contributed by atoms with E-state index in [1.807, 2.05) is 0 Å². The Hall–Kier alpha value is -0.0800. The highest BCUT2D eigenvalue weighted by atomic mass is 127. The molecule has 0 saturated carbocycles. The van der Waals surface area contributed by atoms with Crippen molar-refractivity contribution in [3.05, 3.63) is 0 Å². The Morgan fingerprint density at radius 3 is 2.24 bits per heavy atom. The normalized spacial score (nSPS) is 20.7. The van der Waals surface area contributed by atoms with Gasteiger partial charge < -0.3 is 20.9 Å². The number of guanidine groups is 1. The van der Waals surface area contributed by atoms with Crippen LogP contribution in [-0.4, -0.2) is 67.6 Å². The van der Waals surface area contributed by atoms with Crippen molar-refractivity contribution in [2.24, 2.45) is 16.6 Å². The summed E-state index contributed by atoms with van der Waals surface area (Å²) in [5, 5.41) is 3.21. The third kappa shape index (κ3) is 8.83. The van der Waals surface area contributed by atoms with Gasteiger partial charge in [-0.3, -0.25) is 4.99 Å². The number of hydrogen-bond acceptors (Lipinski definition) is 3. The molecule has 0 aliphatic carbocycles. The molecule has 1 heterocycles. The molecule has 0 aromatic heterocycles. The molecule has 1 rings (SSSR count). The maximum atomic E-state index is 5.89. The second kappa shape index (κ2) is 11.5. The molecule has 0 bridgehead atoms. The van der Waals surface area contributed by atoms with Crippen molar-refractivity contribution < 1.29 is 0 Å². The number of likely N-dealkylation sites (N-methyl/N-ethyl adjacent to an activating group) is 1. The van der Waals surface area contributed by atoms with Gasteiger partial charge in [-0.2, -0.15) is 0 Å². The summed E-state index contributed by atoms with van der Waals surface area (Å²) in [5.74, 6) is 1.14. The minimum atomic E-state index is 0. The van der Waals surface area contributed by atoms with Gasteiger partial charge in [0.1, 0.15) is 0 Å². The Morgan fingerprint density at radius 1 is 1.14 bits per heavy atom. The van der Waals surface area contributed by atoms with E-state index in [9.17, 15) is 0 Å². The zero-order chi connectivity index (χ0) is 15.0. The summed E-state index contributed by atoms with van der Waals surface area (Å²) < 4.78 is 0. The first-order valence-electron chi connectivity index (χ1n) is 8.06. The lowest BCUT2D eigenvalue weighted by Crippen LogP contribution is -2.47. The summed E-state index contributed by atoms with van der Waals surface area (Å²) >= 11 is 0. The first-order valence-corrected chi connectivity index (χ1v) is 8.06. The summed E-state index contributed by atoms with van der Waals surface area (Å²) in [6.07, 6.45) is 1.06. The molecule has 6 heteroatoms. The monoisotopic (exact) mass is 411 g/mol. The number of nitrogens with zero attached hydrogens (tertiary/aromatic N) is 3. The molecule has 0 aromatic carbocycles. The lowest BCUT2D eigenvalue weighted by Gasteiger charge is -2.35. The van der Waals surface area contributed by atoms with Crippen LogP contribution in [0.2, 0.25) is 0 Å². The maximum absolute atomic E-state index is 5.89. The number of aliphatic imine (C=N–C) groups is 1. The van der Waals surface area contributed by atoms with E-state index in [4.69, 9.17) is 5.73 Å². The van der Waals surface area contributed by atoms with Gasteiger partial charge in [0.15, 0.2) is 5.96 Å². The molecule has 1 aliphatic heterocycles. The van der Waals surface area contributed by atoms with Gasteiger partial charge in [0.05, 0.1) is 0 Å². The zero-order valence-electron chi connectivity index (χ0n) is 14.1. The highest BCUT2D eigenvalue weighted by Crippen LogP contribution is 2.06. The van der Waals surface area contributed by atoms with Crippen LogP contribution < -0.4 is 11.1 Å². The third-order valence-electron chi connectivity index (χ3n) is 4.06. The Labute approximate surface area is 147 Å².